The highest BCUT2D eigenvalue weighted by atomic mass is 79.9. The predicted molar refractivity (Wildman–Crippen MR) is 53.8 cm³/mol. The van der Waals surface area contributed by atoms with Crippen molar-refractivity contribution in [2.75, 3.05) is 0 Å². The largest absolute Gasteiger partial charge is 0.478 e. The van der Waals surface area contributed by atoms with Crippen LogP contribution in [0.3, 0.4) is 0 Å². The van der Waals surface area contributed by atoms with Crippen LogP contribution in [0.4, 0.5) is 0 Å². The number of hydrogen-bond donors (Lipinski definition) is 1. The first kappa shape index (κ1) is 9.78. The minimum atomic E-state index is -1.03. The molecule has 0 atom stereocenters. The van der Waals surface area contributed by atoms with Crippen molar-refractivity contribution in [3.8, 4) is 5.69 Å². The second kappa shape index (κ2) is 3.77. The first-order valence-electron chi connectivity index (χ1n) is 3.95. The van der Waals surface area contributed by atoms with Crippen LogP contribution < -0.4 is 0 Å². The normalized spacial score (nSPS) is 10.2. The van der Waals surface area contributed by atoms with E-state index in [1.807, 2.05) is 0 Å². The van der Waals surface area contributed by atoms with Gasteiger partial charge in [-0.15, -0.1) is 5.10 Å². The number of carboxylic acids is 1. The zero-order valence-electron chi connectivity index (χ0n) is 7.33. The van der Waals surface area contributed by atoms with E-state index in [1.165, 1.54) is 17.1 Å². The smallest absolute Gasteiger partial charge is 0.337 e. The number of tetrazole rings is 1. The lowest BCUT2D eigenvalue weighted by Crippen LogP contribution is -2.06. The maximum absolute atomic E-state index is 11.0. The summed E-state index contributed by atoms with van der Waals surface area (Å²) in [5.41, 5.74) is 0.548. The zero-order chi connectivity index (χ0) is 10.8. The highest BCUT2D eigenvalue weighted by molar-refractivity contribution is 9.10. The Bertz CT molecular complexity index is 497. The number of aromatic nitrogens is 4. The minimum Gasteiger partial charge on any atom is -0.478 e. The summed E-state index contributed by atoms with van der Waals surface area (Å²) in [6, 6.07) is 4.86. The Labute approximate surface area is 92.7 Å². The standard InChI is InChI=1S/C8H5BrN4O2/c9-6-3-1-2-5(8(14)15)7(6)13-4-10-11-12-13/h1-4H,(H,14,15). The van der Waals surface area contributed by atoms with E-state index in [1.54, 1.807) is 12.1 Å². The molecule has 0 aliphatic heterocycles. The fourth-order valence-corrected chi connectivity index (χ4v) is 1.73. The summed E-state index contributed by atoms with van der Waals surface area (Å²) in [4.78, 5) is 11.0. The fourth-order valence-electron chi connectivity index (χ4n) is 1.18. The number of halogens is 1. The van der Waals surface area contributed by atoms with Crippen LogP contribution in [0.5, 0.6) is 0 Å². The predicted octanol–water partition coefficient (Wildman–Crippen LogP) is 1.12. The second-order valence-corrected chi connectivity index (χ2v) is 3.55. The number of carboxylic acid groups (broad SMARTS) is 1. The van der Waals surface area contributed by atoms with Crippen molar-refractivity contribution in [3.63, 3.8) is 0 Å². The summed E-state index contributed by atoms with van der Waals surface area (Å²) < 4.78 is 1.92. The van der Waals surface area contributed by atoms with Gasteiger partial charge < -0.3 is 5.11 Å². The molecule has 7 heteroatoms. The van der Waals surface area contributed by atoms with Crippen LogP contribution in [0, 0.1) is 0 Å². The number of nitrogens with zero attached hydrogens (tertiary/aromatic N) is 4. The van der Waals surface area contributed by atoms with Crippen molar-refractivity contribution < 1.29 is 9.90 Å². The molecule has 0 bridgehead atoms. The Morgan fingerprint density at radius 1 is 1.47 bits per heavy atom. The number of hydrogen-bond acceptors (Lipinski definition) is 4. The number of benzene rings is 1. The van der Waals surface area contributed by atoms with E-state index in [4.69, 9.17) is 5.11 Å². The average molecular weight is 269 g/mol. The van der Waals surface area contributed by atoms with E-state index in [0.29, 0.717) is 10.2 Å². The molecule has 1 aromatic heterocycles. The lowest BCUT2D eigenvalue weighted by molar-refractivity contribution is 0.0696. The third-order valence-electron chi connectivity index (χ3n) is 1.80. The van der Waals surface area contributed by atoms with Crippen LogP contribution in [-0.2, 0) is 0 Å². The van der Waals surface area contributed by atoms with Crippen LogP contribution in [0.1, 0.15) is 10.4 Å². The molecular weight excluding hydrogens is 264 g/mol. The van der Waals surface area contributed by atoms with Gasteiger partial charge in [0.1, 0.15) is 6.33 Å². The van der Waals surface area contributed by atoms with Gasteiger partial charge in [0.2, 0.25) is 0 Å². The maximum Gasteiger partial charge on any atom is 0.337 e. The molecule has 1 N–H and O–H groups in total. The average Bonchev–Trinajstić information content (AvgIpc) is 2.70. The molecule has 0 radical (unpaired) electrons. The monoisotopic (exact) mass is 268 g/mol. The minimum absolute atomic E-state index is 0.136. The lowest BCUT2D eigenvalue weighted by atomic mass is 10.2. The van der Waals surface area contributed by atoms with E-state index in [-0.39, 0.29) is 5.56 Å². The molecule has 0 spiro atoms. The lowest BCUT2D eigenvalue weighted by Gasteiger charge is -2.06. The molecular formula is C8H5BrN4O2. The molecule has 0 saturated heterocycles. The van der Waals surface area contributed by atoms with Crippen molar-refractivity contribution in [3.05, 3.63) is 34.6 Å². The number of rotatable bonds is 2. The molecule has 15 heavy (non-hydrogen) atoms. The summed E-state index contributed by atoms with van der Waals surface area (Å²) in [7, 11) is 0. The van der Waals surface area contributed by atoms with E-state index in [2.05, 4.69) is 31.5 Å². The van der Waals surface area contributed by atoms with Gasteiger partial charge in [0.25, 0.3) is 0 Å². The number of para-hydroxylation sites is 1. The summed E-state index contributed by atoms with van der Waals surface area (Å²) in [5, 5.41) is 19.6. The molecule has 6 nitrogen and oxygen atoms in total. The summed E-state index contributed by atoms with van der Waals surface area (Å²) >= 11 is 3.26. The number of carbonyl (C=O) groups is 1. The van der Waals surface area contributed by atoms with Gasteiger partial charge in [-0.2, -0.15) is 4.68 Å². The third-order valence-corrected chi connectivity index (χ3v) is 2.44. The van der Waals surface area contributed by atoms with E-state index >= 15 is 0 Å². The van der Waals surface area contributed by atoms with Gasteiger partial charge in [-0.25, -0.2) is 4.79 Å². The van der Waals surface area contributed by atoms with Gasteiger partial charge in [0.15, 0.2) is 0 Å². The summed E-state index contributed by atoms with van der Waals surface area (Å²) in [6.07, 6.45) is 1.34. The molecule has 0 aliphatic carbocycles. The summed E-state index contributed by atoms with van der Waals surface area (Å²) in [6.45, 7) is 0. The fraction of sp³-hybridized carbons (Fsp3) is 0. The Morgan fingerprint density at radius 3 is 2.87 bits per heavy atom. The Hall–Kier alpha value is -1.76. The topological polar surface area (TPSA) is 80.9 Å². The van der Waals surface area contributed by atoms with Crippen molar-refractivity contribution in [1.29, 1.82) is 0 Å². The van der Waals surface area contributed by atoms with Crippen molar-refractivity contribution in [2.45, 2.75) is 0 Å². The van der Waals surface area contributed by atoms with E-state index < -0.39 is 5.97 Å². The number of aromatic carboxylic acids is 1. The molecule has 0 saturated carbocycles. The van der Waals surface area contributed by atoms with Gasteiger partial charge in [0.05, 0.1) is 11.3 Å². The van der Waals surface area contributed by atoms with Crippen molar-refractivity contribution >= 4 is 21.9 Å². The van der Waals surface area contributed by atoms with Gasteiger partial charge in [-0.1, -0.05) is 6.07 Å². The van der Waals surface area contributed by atoms with Crippen LogP contribution in [0.25, 0.3) is 5.69 Å². The van der Waals surface area contributed by atoms with Crippen molar-refractivity contribution in [1.82, 2.24) is 20.2 Å². The molecule has 0 aliphatic rings. The molecule has 2 aromatic rings. The Kier molecular flexibility index (Phi) is 2.46. The van der Waals surface area contributed by atoms with E-state index in [0.717, 1.165) is 0 Å². The second-order valence-electron chi connectivity index (χ2n) is 2.70. The first-order valence-corrected chi connectivity index (χ1v) is 4.74. The Balaban J connectivity index is 2.68. The van der Waals surface area contributed by atoms with E-state index in [9.17, 15) is 4.79 Å². The molecule has 1 aromatic carbocycles. The molecule has 0 unspecified atom stereocenters. The van der Waals surface area contributed by atoms with Gasteiger partial charge in [-0.05, 0) is 38.5 Å². The Morgan fingerprint density at radius 2 is 2.27 bits per heavy atom. The van der Waals surface area contributed by atoms with Crippen LogP contribution in [0.15, 0.2) is 29.0 Å². The first-order chi connectivity index (χ1) is 7.20. The van der Waals surface area contributed by atoms with Crippen LogP contribution >= 0.6 is 15.9 Å². The SMILES string of the molecule is O=C(O)c1cccc(Br)c1-n1cnnn1. The van der Waals surface area contributed by atoms with Crippen molar-refractivity contribution in [2.24, 2.45) is 0 Å². The molecule has 0 amide bonds. The van der Waals surface area contributed by atoms with Crippen LogP contribution in [-0.4, -0.2) is 31.3 Å². The van der Waals surface area contributed by atoms with Gasteiger partial charge >= 0.3 is 5.97 Å². The molecule has 1 heterocycles. The highest BCUT2D eigenvalue weighted by Gasteiger charge is 2.15. The maximum atomic E-state index is 11.0. The molecule has 0 fully saturated rings. The molecule has 2 rings (SSSR count). The highest BCUT2D eigenvalue weighted by Crippen LogP contribution is 2.23. The quantitative estimate of drug-likeness (QED) is 0.883. The summed E-state index contributed by atoms with van der Waals surface area (Å²) in [5.74, 6) is -1.03. The third kappa shape index (κ3) is 1.73. The van der Waals surface area contributed by atoms with Crippen LogP contribution in [0.2, 0.25) is 0 Å². The zero-order valence-corrected chi connectivity index (χ0v) is 8.92. The molecule has 76 valence electrons. The van der Waals surface area contributed by atoms with Gasteiger partial charge in [0, 0.05) is 4.47 Å². The van der Waals surface area contributed by atoms with Gasteiger partial charge in [-0.3, -0.25) is 0 Å².